The number of anilines is 1. The number of carbonyl (C=O) groups excluding carboxylic acids is 1. The molecule has 3 fully saturated rings. The Bertz CT molecular complexity index is 1930. The second kappa shape index (κ2) is 17.7. The van der Waals surface area contributed by atoms with Gasteiger partial charge in [0, 0.05) is 47.4 Å². The van der Waals surface area contributed by atoms with Crippen molar-refractivity contribution < 1.29 is 18.7 Å². The number of hydrogen-bond donors (Lipinski definition) is 0. The van der Waals surface area contributed by atoms with E-state index in [0.717, 1.165) is 110 Å². The number of hydrogen-bond acceptors (Lipinski definition) is 5. The molecule has 3 aromatic carbocycles. The number of carbonyl (C=O) groups is 1. The van der Waals surface area contributed by atoms with Gasteiger partial charge in [-0.1, -0.05) is 61.9 Å². The van der Waals surface area contributed by atoms with Crippen molar-refractivity contribution in [3.63, 3.8) is 0 Å². The van der Waals surface area contributed by atoms with Crippen LogP contribution in [0.4, 0.5) is 10.1 Å². The van der Waals surface area contributed by atoms with E-state index in [4.69, 9.17) is 9.47 Å². The summed E-state index contributed by atoms with van der Waals surface area (Å²) in [4.78, 5) is 18.4. The molecule has 3 aliphatic rings. The molecule has 6 rings (SSSR count). The number of likely N-dealkylation sites (tertiary alicyclic amines) is 1. The maximum Gasteiger partial charge on any atom is 0.166 e. The average Bonchev–Trinajstić information content (AvgIpc) is 4.00. The number of nitrogens with zero attached hydrogens (tertiary/aromatic N) is 2. The van der Waals surface area contributed by atoms with Crippen LogP contribution in [0.2, 0.25) is 0 Å². The zero-order chi connectivity index (χ0) is 39.3. The van der Waals surface area contributed by atoms with Gasteiger partial charge in [-0.05, 0) is 158 Å². The van der Waals surface area contributed by atoms with Crippen molar-refractivity contribution in [2.24, 2.45) is 11.8 Å². The van der Waals surface area contributed by atoms with Crippen molar-refractivity contribution in [3.05, 3.63) is 129 Å². The summed E-state index contributed by atoms with van der Waals surface area (Å²) in [6.07, 6.45) is 14.1. The van der Waals surface area contributed by atoms with Crippen molar-refractivity contribution in [1.82, 2.24) is 4.90 Å². The number of piperidine rings is 1. The monoisotopic (exact) mass is 746 g/mol. The van der Waals surface area contributed by atoms with Crippen LogP contribution in [-0.4, -0.2) is 36.9 Å². The highest BCUT2D eigenvalue weighted by atomic mass is 19.1. The Morgan fingerprint density at radius 3 is 2.29 bits per heavy atom. The van der Waals surface area contributed by atoms with Gasteiger partial charge in [0.05, 0.1) is 12.5 Å². The first-order chi connectivity index (χ1) is 26.4. The topological polar surface area (TPSA) is 42.0 Å². The molecule has 3 aromatic rings. The van der Waals surface area contributed by atoms with Crippen molar-refractivity contribution >= 4 is 11.5 Å². The SMILES string of the molecule is C/C=C(\CN1CCC(c2cccc(C)c2OC(C)(c2ccc(C)cc2F)C2CC2)CC1)N(C/C(C)=C/OC=C(C)CC)c1cc(C(=O)C2CCC2)ccc1C. The lowest BCUT2D eigenvalue weighted by molar-refractivity contribution is 0.0554. The van der Waals surface area contributed by atoms with Gasteiger partial charge in [-0.2, -0.15) is 0 Å². The summed E-state index contributed by atoms with van der Waals surface area (Å²) in [7, 11) is 0. The maximum atomic E-state index is 15.5. The molecule has 0 spiro atoms. The number of allylic oxidation sites excluding steroid dienone is 2. The van der Waals surface area contributed by atoms with Crippen molar-refractivity contribution in [2.45, 2.75) is 118 Å². The number of ether oxygens (including phenoxy) is 2. The molecule has 2 saturated carbocycles. The Morgan fingerprint density at radius 2 is 1.65 bits per heavy atom. The van der Waals surface area contributed by atoms with E-state index in [1.54, 1.807) is 6.07 Å². The lowest BCUT2D eigenvalue weighted by atomic mass is 9.80. The van der Waals surface area contributed by atoms with E-state index in [1.165, 1.54) is 16.8 Å². The lowest BCUT2D eigenvalue weighted by Gasteiger charge is -2.38. The number of Topliss-reactive ketones (excluding diaryl/α,β-unsaturated/α-hetero) is 1. The van der Waals surface area contributed by atoms with Gasteiger partial charge in [-0.3, -0.25) is 9.69 Å². The molecule has 1 atom stereocenters. The molecule has 6 heteroatoms. The number of rotatable bonds is 16. The van der Waals surface area contributed by atoms with E-state index in [9.17, 15) is 4.79 Å². The predicted octanol–water partition coefficient (Wildman–Crippen LogP) is 12.3. The van der Waals surface area contributed by atoms with Gasteiger partial charge in [0.1, 0.15) is 17.2 Å². The van der Waals surface area contributed by atoms with Crippen LogP contribution < -0.4 is 9.64 Å². The minimum Gasteiger partial charge on any atom is -0.482 e. The summed E-state index contributed by atoms with van der Waals surface area (Å²) in [6, 6.07) is 18.3. The molecule has 0 radical (unpaired) electrons. The Labute approximate surface area is 330 Å². The van der Waals surface area contributed by atoms with Gasteiger partial charge in [0.15, 0.2) is 5.78 Å². The molecule has 0 aromatic heterocycles. The van der Waals surface area contributed by atoms with Crippen LogP contribution in [0.5, 0.6) is 5.75 Å². The first-order valence-corrected chi connectivity index (χ1v) is 20.7. The van der Waals surface area contributed by atoms with Gasteiger partial charge >= 0.3 is 0 Å². The Balaban J connectivity index is 1.21. The molecule has 1 saturated heterocycles. The molecule has 0 bridgehead atoms. The van der Waals surface area contributed by atoms with E-state index in [0.29, 0.717) is 23.9 Å². The standard InChI is InChI=1S/C49H63FN2O3/c1-9-33(3)31-54-32-35(5)29-52(46-28-40(19-18-36(46)6)47(53)39-14-12-15-39)42(10-2)30-51-25-23-38(24-26-51)43-16-11-13-37(7)48(43)55-49(8,41-20-21-41)44-22-17-34(4)27-45(44)50/h10-11,13,16-19,22,27-28,31-32,38-39,41H,9,12,14-15,20-21,23-26,29-30H2,1-8H3/b33-31?,35-32+,42-10+. The smallest absolute Gasteiger partial charge is 0.166 e. The zero-order valence-corrected chi connectivity index (χ0v) is 34.6. The second-order valence-corrected chi connectivity index (χ2v) is 16.8. The zero-order valence-electron chi connectivity index (χ0n) is 34.6. The van der Waals surface area contributed by atoms with Crippen molar-refractivity contribution in [1.29, 1.82) is 0 Å². The molecule has 0 amide bonds. The van der Waals surface area contributed by atoms with E-state index < -0.39 is 5.60 Å². The summed E-state index contributed by atoms with van der Waals surface area (Å²) >= 11 is 0. The molecule has 294 valence electrons. The van der Waals surface area contributed by atoms with Crippen LogP contribution in [0.15, 0.2) is 90.0 Å². The quantitative estimate of drug-likeness (QED) is 0.108. The van der Waals surface area contributed by atoms with E-state index in [-0.39, 0.29) is 17.5 Å². The minimum atomic E-state index is -0.718. The van der Waals surface area contributed by atoms with Crippen LogP contribution >= 0.6 is 0 Å². The normalized spacial score (nSPS) is 18.8. The highest BCUT2D eigenvalue weighted by Gasteiger charge is 2.47. The van der Waals surface area contributed by atoms with Gasteiger partial charge < -0.3 is 14.4 Å². The first-order valence-electron chi connectivity index (χ1n) is 20.7. The molecule has 1 unspecified atom stereocenters. The Hall–Kier alpha value is -4.16. The van der Waals surface area contributed by atoms with Gasteiger partial charge in [0.2, 0.25) is 0 Å². The van der Waals surface area contributed by atoms with Crippen LogP contribution in [0, 0.1) is 38.4 Å². The summed E-state index contributed by atoms with van der Waals surface area (Å²) in [5.41, 5.74) is 9.74. The maximum absolute atomic E-state index is 15.5. The minimum absolute atomic E-state index is 0.153. The highest BCUT2D eigenvalue weighted by Crippen LogP contribution is 2.51. The molecule has 2 aliphatic carbocycles. The van der Waals surface area contributed by atoms with Gasteiger partial charge in [0.25, 0.3) is 0 Å². The first kappa shape index (κ1) is 40.5. The number of aryl methyl sites for hydroxylation is 3. The van der Waals surface area contributed by atoms with Gasteiger partial charge in [-0.15, -0.1) is 0 Å². The molecule has 0 N–H and O–H groups in total. The van der Waals surface area contributed by atoms with E-state index in [2.05, 4.69) is 94.7 Å². The fraction of sp³-hybridized carbons (Fsp3) is 0.490. The molecule has 1 aliphatic heterocycles. The van der Waals surface area contributed by atoms with Crippen LogP contribution in [-0.2, 0) is 10.3 Å². The number of para-hydroxylation sites is 1. The lowest BCUT2D eigenvalue weighted by Crippen LogP contribution is -2.39. The Morgan fingerprint density at radius 1 is 0.927 bits per heavy atom. The van der Waals surface area contributed by atoms with Gasteiger partial charge in [-0.25, -0.2) is 4.39 Å². The summed E-state index contributed by atoms with van der Waals surface area (Å²) in [5, 5.41) is 0. The molecular weight excluding hydrogens is 684 g/mol. The molecule has 5 nitrogen and oxygen atoms in total. The van der Waals surface area contributed by atoms with Crippen LogP contribution in [0.3, 0.4) is 0 Å². The number of benzene rings is 3. The van der Waals surface area contributed by atoms with E-state index in [1.807, 2.05) is 37.6 Å². The third kappa shape index (κ3) is 9.45. The Kier molecular flexibility index (Phi) is 13.1. The highest BCUT2D eigenvalue weighted by molar-refractivity contribution is 5.99. The number of halogens is 1. The fourth-order valence-electron chi connectivity index (χ4n) is 8.26. The summed E-state index contributed by atoms with van der Waals surface area (Å²) < 4.78 is 28.5. The van der Waals surface area contributed by atoms with Crippen molar-refractivity contribution in [2.75, 3.05) is 31.1 Å². The average molecular weight is 747 g/mol. The van der Waals surface area contributed by atoms with E-state index >= 15 is 4.39 Å². The molecule has 55 heavy (non-hydrogen) atoms. The van der Waals surface area contributed by atoms with Crippen LogP contribution in [0.25, 0.3) is 0 Å². The molecular formula is C49H63FN2O3. The van der Waals surface area contributed by atoms with Crippen LogP contribution in [0.1, 0.15) is 130 Å². The number of ketones is 1. The predicted molar refractivity (Wildman–Crippen MR) is 224 cm³/mol. The largest absolute Gasteiger partial charge is 0.482 e. The fourth-order valence-corrected chi connectivity index (χ4v) is 8.26. The summed E-state index contributed by atoms with van der Waals surface area (Å²) in [6.45, 7) is 20.1. The third-order valence-electron chi connectivity index (χ3n) is 12.4. The second-order valence-electron chi connectivity index (χ2n) is 16.8. The third-order valence-corrected chi connectivity index (χ3v) is 12.4. The van der Waals surface area contributed by atoms with Crippen molar-refractivity contribution in [3.8, 4) is 5.75 Å². The summed E-state index contributed by atoms with van der Waals surface area (Å²) in [5.74, 6) is 1.81. The molecule has 1 heterocycles.